The minimum Gasteiger partial charge on any atom is -0.454 e. The van der Waals surface area contributed by atoms with Gasteiger partial charge in [-0.2, -0.15) is 0 Å². The molecule has 0 unspecified atom stereocenters. The molecular weight excluding hydrogens is 318 g/mol. The van der Waals surface area contributed by atoms with E-state index in [0.29, 0.717) is 34.1 Å². The molecule has 1 heterocycles. The quantitative estimate of drug-likeness (QED) is 0.592. The summed E-state index contributed by atoms with van der Waals surface area (Å²) in [6, 6.07) is 10.3. The average molecular weight is 334 g/mol. The molecule has 0 fully saturated rings. The van der Waals surface area contributed by atoms with Crippen molar-refractivity contribution in [3.05, 3.63) is 48.0 Å². The molecule has 6 nitrogen and oxygen atoms in total. The highest BCUT2D eigenvalue weighted by atomic mass is 35.5. The first-order valence-corrected chi connectivity index (χ1v) is 6.65. The highest BCUT2D eigenvalue weighted by molar-refractivity contribution is 6.02. The van der Waals surface area contributed by atoms with E-state index in [1.165, 1.54) is 6.08 Å². The summed E-state index contributed by atoms with van der Waals surface area (Å²) in [6.45, 7) is 0.196. The Morgan fingerprint density at radius 2 is 1.87 bits per heavy atom. The van der Waals surface area contributed by atoms with E-state index in [4.69, 9.17) is 20.9 Å². The van der Waals surface area contributed by atoms with Crippen molar-refractivity contribution < 1.29 is 14.3 Å². The second kappa shape index (κ2) is 6.93. The van der Waals surface area contributed by atoms with Gasteiger partial charge in [-0.15, -0.1) is 12.4 Å². The molecule has 2 aromatic rings. The third kappa shape index (κ3) is 3.87. The number of nitrogen functional groups attached to an aromatic ring is 2. The van der Waals surface area contributed by atoms with E-state index in [1.54, 1.807) is 42.5 Å². The molecule has 0 saturated carbocycles. The van der Waals surface area contributed by atoms with E-state index < -0.39 is 0 Å². The van der Waals surface area contributed by atoms with E-state index >= 15 is 0 Å². The zero-order chi connectivity index (χ0) is 15.5. The Hall–Kier alpha value is -2.86. The largest absolute Gasteiger partial charge is 0.454 e. The summed E-state index contributed by atoms with van der Waals surface area (Å²) in [5.74, 6) is 1.00. The van der Waals surface area contributed by atoms with Gasteiger partial charge in [-0.1, -0.05) is 0 Å². The number of halogens is 1. The summed E-state index contributed by atoms with van der Waals surface area (Å²) in [5, 5.41) is 2.74. The van der Waals surface area contributed by atoms with Crippen LogP contribution in [0.25, 0.3) is 6.08 Å². The molecule has 120 valence electrons. The maximum atomic E-state index is 11.9. The monoisotopic (exact) mass is 333 g/mol. The van der Waals surface area contributed by atoms with Crippen molar-refractivity contribution in [3.63, 3.8) is 0 Å². The van der Waals surface area contributed by atoms with Crippen molar-refractivity contribution in [1.29, 1.82) is 0 Å². The second-order valence-electron chi connectivity index (χ2n) is 4.78. The topological polar surface area (TPSA) is 99.6 Å². The Morgan fingerprint density at radius 3 is 2.70 bits per heavy atom. The number of rotatable bonds is 3. The van der Waals surface area contributed by atoms with Gasteiger partial charge >= 0.3 is 0 Å². The third-order valence-corrected chi connectivity index (χ3v) is 3.17. The Morgan fingerprint density at radius 1 is 1.09 bits per heavy atom. The minimum atomic E-state index is -0.277. The van der Waals surface area contributed by atoms with E-state index in [0.717, 1.165) is 0 Å². The van der Waals surface area contributed by atoms with Crippen molar-refractivity contribution >= 4 is 41.5 Å². The molecule has 2 aromatic carbocycles. The van der Waals surface area contributed by atoms with Crippen molar-refractivity contribution in [3.8, 4) is 11.5 Å². The van der Waals surface area contributed by atoms with Crippen LogP contribution in [0.1, 0.15) is 5.56 Å². The van der Waals surface area contributed by atoms with Crippen molar-refractivity contribution in [1.82, 2.24) is 0 Å². The molecule has 1 aliphatic heterocycles. The summed E-state index contributed by atoms with van der Waals surface area (Å²) < 4.78 is 10.5. The van der Waals surface area contributed by atoms with Crippen LogP contribution >= 0.6 is 12.4 Å². The fourth-order valence-corrected chi connectivity index (χ4v) is 2.06. The Labute approximate surface area is 139 Å². The number of carbonyl (C=O) groups excluding carboxylic acids is 1. The fourth-order valence-electron chi connectivity index (χ4n) is 2.06. The number of nitrogens with one attached hydrogen (secondary N) is 1. The minimum absolute atomic E-state index is 0. The van der Waals surface area contributed by atoms with Crippen LogP contribution in [0, 0.1) is 0 Å². The molecule has 1 amide bonds. The first kappa shape index (κ1) is 16.5. The number of fused-ring (bicyclic) bond motifs is 1. The lowest BCUT2D eigenvalue weighted by molar-refractivity contribution is -0.111. The van der Waals surface area contributed by atoms with Crippen molar-refractivity contribution in [2.24, 2.45) is 0 Å². The summed E-state index contributed by atoms with van der Waals surface area (Å²) in [4.78, 5) is 11.9. The van der Waals surface area contributed by atoms with Gasteiger partial charge in [0.1, 0.15) is 0 Å². The summed E-state index contributed by atoms with van der Waals surface area (Å²) in [7, 11) is 0. The van der Waals surface area contributed by atoms with E-state index in [9.17, 15) is 4.79 Å². The van der Waals surface area contributed by atoms with Crippen LogP contribution in [-0.4, -0.2) is 12.7 Å². The average Bonchev–Trinajstić information content (AvgIpc) is 2.96. The maximum absolute atomic E-state index is 11.9. The smallest absolute Gasteiger partial charge is 0.248 e. The summed E-state index contributed by atoms with van der Waals surface area (Å²) >= 11 is 0. The van der Waals surface area contributed by atoms with Crippen LogP contribution in [0.5, 0.6) is 11.5 Å². The van der Waals surface area contributed by atoms with Crippen LogP contribution in [0.3, 0.4) is 0 Å². The number of anilines is 3. The lowest BCUT2D eigenvalue weighted by Crippen LogP contribution is -2.07. The number of benzene rings is 2. The van der Waals surface area contributed by atoms with Crippen LogP contribution < -0.4 is 26.3 Å². The predicted molar refractivity (Wildman–Crippen MR) is 92.7 cm³/mol. The van der Waals surface area contributed by atoms with E-state index in [2.05, 4.69) is 5.32 Å². The van der Waals surface area contributed by atoms with Crippen molar-refractivity contribution in [2.45, 2.75) is 0 Å². The molecule has 0 aromatic heterocycles. The van der Waals surface area contributed by atoms with Gasteiger partial charge in [-0.05, 0) is 42.0 Å². The van der Waals surface area contributed by atoms with E-state index in [1.807, 2.05) is 0 Å². The molecule has 0 aliphatic carbocycles. The Kier molecular flexibility index (Phi) is 4.98. The SMILES string of the molecule is Cl.Nc1ccc(N)c(C=CC(=O)Nc2ccc3c(c2)OCO3)c1. The highest BCUT2D eigenvalue weighted by Crippen LogP contribution is 2.34. The van der Waals surface area contributed by atoms with Crippen LogP contribution in [0.15, 0.2) is 42.5 Å². The van der Waals surface area contributed by atoms with Crippen LogP contribution in [0.2, 0.25) is 0 Å². The molecule has 1 aliphatic rings. The lowest BCUT2D eigenvalue weighted by Gasteiger charge is -2.04. The van der Waals surface area contributed by atoms with Gasteiger partial charge in [0, 0.05) is 29.2 Å². The first-order valence-electron chi connectivity index (χ1n) is 6.65. The Bertz CT molecular complexity index is 762. The van der Waals surface area contributed by atoms with Gasteiger partial charge < -0.3 is 26.3 Å². The van der Waals surface area contributed by atoms with Gasteiger partial charge in [0.2, 0.25) is 12.7 Å². The number of nitrogens with two attached hydrogens (primary N) is 2. The molecule has 0 radical (unpaired) electrons. The van der Waals surface area contributed by atoms with Gasteiger partial charge in [-0.25, -0.2) is 0 Å². The summed E-state index contributed by atoms with van der Waals surface area (Å²) in [5.41, 5.74) is 14.0. The van der Waals surface area contributed by atoms with E-state index in [-0.39, 0.29) is 25.1 Å². The molecule has 7 heteroatoms. The number of hydrogen-bond donors (Lipinski definition) is 3. The number of hydrogen-bond acceptors (Lipinski definition) is 5. The Balaban J connectivity index is 0.00000192. The second-order valence-corrected chi connectivity index (χ2v) is 4.78. The molecule has 0 atom stereocenters. The van der Waals surface area contributed by atoms with Gasteiger partial charge in [0.25, 0.3) is 0 Å². The molecule has 0 bridgehead atoms. The van der Waals surface area contributed by atoms with Crippen LogP contribution in [-0.2, 0) is 4.79 Å². The highest BCUT2D eigenvalue weighted by Gasteiger charge is 2.13. The number of carbonyl (C=O) groups is 1. The number of ether oxygens (including phenoxy) is 2. The predicted octanol–water partition coefficient (Wildman–Crippen LogP) is 2.65. The summed E-state index contributed by atoms with van der Waals surface area (Å²) in [6.07, 6.45) is 3.02. The molecule has 3 rings (SSSR count). The first-order chi connectivity index (χ1) is 10.6. The molecule has 5 N–H and O–H groups in total. The van der Waals surface area contributed by atoms with Crippen LogP contribution in [0.4, 0.5) is 17.1 Å². The van der Waals surface area contributed by atoms with Gasteiger partial charge in [0.05, 0.1) is 0 Å². The lowest BCUT2D eigenvalue weighted by atomic mass is 10.1. The third-order valence-electron chi connectivity index (χ3n) is 3.17. The zero-order valence-corrected chi connectivity index (χ0v) is 12.9. The standard InChI is InChI=1S/C16H15N3O3.ClH/c17-11-2-4-13(18)10(7-11)1-6-16(20)19-12-3-5-14-15(8-12)22-9-21-14;/h1-8H,9,17-18H2,(H,19,20);1H. The molecule has 0 saturated heterocycles. The van der Waals surface area contributed by atoms with Gasteiger partial charge in [-0.3, -0.25) is 4.79 Å². The number of amides is 1. The maximum Gasteiger partial charge on any atom is 0.248 e. The fraction of sp³-hybridized carbons (Fsp3) is 0.0625. The van der Waals surface area contributed by atoms with Gasteiger partial charge in [0.15, 0.2) is 11.5 Å². The molecule has 0 spiro atoms. The molecular formula is C16H16ClN3O3. The zero-order valence-electron chi connectivity index (χ0n) is 12.1. The van der Waals surface area contributed by atoms with Crippen molar-refractivity contribution in [2.75, 3.05) is 23.6 Å². The molecule has 23 heavy (non-hydrogen) atoms. The normalized spacial score (nSPS) is 12.0.